The van der Waals surface area contributed by atoms with Gasteiger partial charge in [0.25, 0.3) is 0 Å². The van der Waals surface area contributed by atoms with Crippen molar-refractivity contribution in [3.63, 3.8) is 0 Å². The number of ether oxygens (including phenoxy) is 2. The van der Waals surface area contributed by atoms with E-state index in [1.807, 2.05) is 36.4 Å². The Morgan fingerprint density at radius 2 is 1.92 bits per heavy atom. The molecule has 2 aromatic rings. The molecule has 5 nitrogen and oxygen atoms in total. The van der Waals surface area contributed by atoms with Crippen molar-refractivity contribution in [1.82, 2.24) is 10.3 Å². The number of benzene rings is 1. The molecule has 1 fully saturated rings. The maximum absolute atomic E-state index is 12.0. The highest BCUT2D eigenvalue weighted by molar-refractivity contribution is 5.78. The number of aromatic nitrogens is 1. The van der Waals surface area contributed by atoms with E-state index in [0.717, 1.165) is 23.5 Å². The van der Waals surface area contributed by atoms with Gasteiger partial charge in [-0.25, -0.2) is 4.98 Å². The van der Waals surface area contributed by atoms with Crippen LogP contribution in [0.1, 0.15) is 24.0 Å². The van der Waals surface area contributed by atoms with Crippen LogP contribution >= 0.6 is 0 Å². The van der Waals surface area contributed by atoms with Crippen LogP contribution in [-0.2, 0) is 17.8 Å². The average molecular weight is 326 g/mol. The summed E-state index contributed by atoms with van der Waals surface area (Å²) in [6, 6.07) is 11.3. The Bertz CT molecular complexity index is 664. The molecule has 1 amide bonds. The Hall–Kier alpha value is -2.56. The molecule has 0 spiro atoms. The first-order valence-electron chi connectivity index (χ1n) is 8.20. The van der Waals surface area contributed by atoms with Crippen molar-refractivity contribution < 1.29 is 14.3 Å². The molecular formula is C19H22N2O3. The third kappa shape index (κ3) is 4.98. The van der Waals surface area contributed by atoms with Crippen molar-refractivity contribution in [3.8, 4) is 11.6 Å². The zero-order chi connectivity index (χ0) is 16.8. The fourth-order valence-corrected chi connectivity index (χ4v) is 2.28. The van der Waals surface area contributed by atoms with E-state index < -0.39 is 0 Å². The van der Waals surface area contributed by atoms with Gasteiger partial charge in [-0.05, 0) is 42.0 Å². The maximum Gasteiger partial charge on any atom is 0.224 e. The van der Waals surface area contributed by atoms with Crippen molar-refractivity contribution in [3.05, 3.63) is 53.7 Å². The van der Waals surface area contributed by atoms with Crippen molar-refractivity contribution in [1.29, 1.82) is 0 Å². The van der Waals surface area contributed by atoms with Crippen molar-refractivity contribution in [2.24, 2.45) is 5.92 Å². The number of hydrogen-bond acceptors (Lipinski definition) is 4. The van der Waals surface area contributed by atoms with Gasteiger partial charge in [-0.1, -0.05) is 18.2 Å². The zero-order valence-corrected chi connectivity index (χ0v) is 13.8. The number of rotatable bonds is 8. The van der Waals surface area contributed by atoms with E-state index in [1.165, 1.54) is 12.8 Å². The topological polar surface area (TPSA) is 60.5 Å². The van der Waals surface area contributed by atoms with Crippen LogP contribution in [0.5, 0.6) is 11.6 Å². The summed E-state index contributed by atoms with van der Waals surface area (Å²) in [4.78, 5) is 16.3. The number of nitrogens with one attached hydrogen (secondary N) is 1. The Labute approximate surface area is 142 Å². The van der Waals surface area contributed by atoms with Gasteiger partial charge in [-0.2, -0.15) is 0 Å². The lowest BCUT2D eigenvalue weighted by Gasteiger charge is -2.07. The van der Waals surface area contributed by atoms with Gasteiger partial charge in [0.15, 0.2) is 0 Å². The zero-order valence-electron chi connectivity index (χ0n) is 13.8. The van der Waals surface area contributed by atoms with E-state index in [9.17, 15) is 4.79 Å². The normalized spacial score (nSPS) is 13.4. The fraction of sp³-hybridized carbons (Fsp3) is 0.368. The summed E-state index contributed by atoms with van der Waals surface area (Å²) in [5.41, 5.74) is 1.91. The van der Waals surface area contributed by atoms with Crippen LogP contribution in [0.15, 0.2) is 42.6 Å². The van der Waals surface area contributed by atoms with Gasteiger partial charge in [0, 0.05) is 18.8 Å². The molecule has 0 atom stereocenters. The molecule has 0 unspecified atom stereocenters. The van der Waals surface area contributed by atoms with E-state index >= 15 is 0 Å². The van der Waals surface area contributed by atoms with E-state index in [2.05, 4.69) is 10.3 Å². The predicted octanol–water partition coefficient (Wildman–Crippen LogP) is 2.74. The van der Waals surface area contributed by atoms with Gasteiger partial charge < -0.3 is 14.8 Å². The number of hydrogen-bond donors (Lipinski definition) is 1. The van der Waals surface area contributed by atoms with Crippen LogP contribution in [0.2, 0.25) is 0 Å². The number of pyridine rings is 1. The Balaban J connectivity index is 1.42. The monoisotopic (exact) mass is 326 g/mol. The van der Waals surface area contributed by atoms with Gasteiger partial charge in [0.1, 0.15) is 5.75 Å². The summed E-state index contributed by atoms with van der Waals surface area (Å²) < 4.78 is 10.7. The van der Waals surface area contributed by atoms with E-state index in [-0.39, 0.29) is 5.91 Å². The minimum Gasteiger partial charge on any atom is -0.497 e. The SMILES string of the molecule is COc1ccc(CC(=O)NCc2ccc(OCC3CC3)nc2)cc1. The largest absolute Gasteiger partial charge is 0.497 e. The summed E-state index contributed by atoms with van der Waals surface area (Å²) in [6.07, 6.45) is 4.62. The fourth-order valence-electron chi connectivity index (χ4n) is 2.28. The van der Waals surface area contributed by atoms with Crippen LogP contribution in [-0.4, -0.2) is 24.6 Å². The van der Waals surface area contributed by atoms with E-state index in [1.54, 1.807) is 13.3 Å². The van der Waals surface area contributed by atoms with E-state index in [4.69, 9.17) is 9.47 Å². The average Bonchev–Trinajstić information content (AvgIpc) is 3.44. The quantitative estimate of drug-likeness (QED) is 0.810. The highest BCUT2D eigenvalue weighted by Gasteiger charge is 2.22. The Morgan fingerprint density at radius 1 is 1.17 bits per heavy atom. The van der Waals surface area contributed by atoms with Crippen LogP contribution in [0.3, 0.4) is 0 Å². The van der Waals surface area contributed by atoms with Crippen LogP contribution in [0.4, 0.5) is 0 Å². The number of carbonyl (C=O) groups is 1. The molecule has 1 N–H and O–H groups in total. The molecule has 1 saturated carbocycles. The second-order valence-corrected chi connectivity index (χ2v) is 6.06. The predicted molar refractivity (Wildman–Crippen MR) is 91.0 cm³/mol. The molecule has 0 saturated heterocycles. The van der Waals surface area contributed by atoms with Gasteiger partial charge in [0.05, 0.1) is 20.1 Å². The van der Waals surface area contributed by atoms with Crippen LogP contribution in [0.25, 0.3) is 0 Å². The van der Waals surface area contributed by atoms with Gasteiger partial charge in [-0.3, -0.25) is 4.79 Å². The van der Waals surface area contributed by atoms with Gasteiger partial charge in [0.2, 0.25) is 11.8 Å². The van der Waals surface area contributed by atoms with Crippen LogP contribution < -0.4 is 14.8 Å². The molecule has 5 heteroatoms. The minimum absolute atomic E-state index is 0.0192. The first kappa shape index (κ1) is 16.3. The van der Waals surface area contributed by atoms with Crippen molar-refractivity contribution in [2.45, 2.75) is 25.8 Å². The Morgan fingerprint density at radius 3 is 2.54 bits per heavy atom. The second-order valence-electron chi connectivity index (χ2n) is 6.06. The van der Waals surface area contributed by atoms with Crippen molar-refractivity contribution >= 4 is 5.91 Å². The molecule has 1 aliphatic carbocycles. The maximum atomic E-state index is 12.0. The molecule has 0 radical (unpaired) electrons. The molecule has 24 heavy (non-hydrogen) atoms. The molecule has 0 bridgehead atoms. The summed E-state index contributed by atoms with van der Waals surface area (Å²) >= 11 is 0. The third-order valence-electron chi connectivity index (χ3n) is 3.97. The van der Waals surface area contributed by atoms with Gasteiger partial charge in [-0.15, -0.1) is 0 Å². The highest BCUT2D eigenvalue weighted by atomic mass is 16.5. The number of methoxy groups -OCH3 is 1. The molecule has 126 valence electrons. The lowest BCUT2D eigenvalue weighted by molar-refractivity contribution is -0.120. The molecule has 1 heterocycles. The molecule has 1 aromatic carbocycles. The third-order valence-corrected chi connectivity index (χ3v) is 3.97. The summed E-state index contributed by atoms with van der Waals surface area (Å²) in [5.74, 6) is 2.13. The number of carbonyl (C=O) groups excluding carboxylic acids is 1. The second kappa shape index (κ2) is 7.81. The number of nitrogens with zero attached hydrogens (tertiary/aromatic N) is 1. The standard InChI is InChI=1S/C19H22N2O3/c1-23-17-7-4-14(5-8-17)10-18(22)20-11-16-6-9-19(21-12-16)24-13-15-2-3-15/h4-9,12,15H,2-3,10-11,13H2,1H3,(H,20,22). The smallest absolute Gasteiger partial charge is 0.224 e. The van der Waals surface area contributed by atoms with Crippen molar-refractivity contribution in [2.75, 3.05) is 13.7 Å². The van der Waals surface area contributed by atoms with Gasteiger partial charge >= 0.3 is 0 Å². The highest BCUT2D eigenvalue weighted by Crippen LogP contribution is 2.29. The first-order valence-corrected chi connectivity index (χ1v) is 8.20. The van der Waals surface area contributed by atoms with Crippen LogP contribution in [0, 0.1) is 5.92 Å². The first-order chi connectivity index (χ1) is 11.7. The minimum atomic E-state index is -0.0192. The number of amides is 1. The molecule has 0 aliphatic heterocycles. The summed E-state index contributed by atoms with van der Waals surface area (Å²) in [5, 5.41) is 2.90. The molecule has 1 aliphatic rings. The lowest BCUT2D eigenvalue weighted by Crippen LogP contribution is -2.24. The van der Waals surface area contributed by atoms with E-state index in [0.29, 0.717) is 24.8 Å². The Kier molecular flexibility index (Phi) is 5.31. The molecule has 3 rings (SSSR count). The summed E-state index contributed by atoms with van der Waals surface area (Å²) in [6.45, 7) is 1.22. The summed E-state index contributed by atoms with van der Waals surface area (Å²) in [7, 11) is 1.62. The molecular weight excluding hydrogens is 304 g/mol. The molecule has 1 aromatic heterocycles. The lowest BCUT2D eigenvalue weighted by atomic mass is 10.1.